The maximum absolute atomic E-state index is 13.2. The number of hydrogen-bond acceptors (Lipinski definition) is 4. The van der Waals surface area contributed by atoms with Crippen LogP contribution in [0.3, 0.4) is 0 Å². The smallest absolute Gasteiger partial charge is 0.340 e. The number of H-pyrrole nitrogens is 1. The molecule has 0 aliphatic rings. The molecule has 2 N–H and O–H groups in total. The molecule has 2 rings (SSSR count). The number of esters is 1. The summed E-state index contributed by atoms with van der Waals surface area (Å²) < 4.78 is 36.0. The van der Waals surface area contributed by atoms with Gasteiger partial charge in [0, 0.05) is 24.6 Å². The van der Waals surface area contributed by atoms with E-state index in [1.165, 1.54) is 13.2 Å². The van der Waals surface area contributed by atoms with Crippen LogP contribution < -0.4 is 5.32 Å². The maximum Gasteiger partial charge on any atom is 0.340 e. The zero-order chi connectivity index (χ0) is 18.6. The minimum atomic E-state index is -1.07. The molecule has 0 aliphatic carbocycles. The third kappa shape index (κ3) is 4.21. The van der Waals surface area contributed by atoms with Crippen molar-refractivity contribution in [2.75, 3.05) is 25.6 Å². The highest BCUT2D eigenvalue weighted by atomic mass is 19.2. The Morgan fingerprint density at radius 2 is 1.88 bits per heavy atom. The van der Waals surface area contributed by atoms with Crippen LogP contribution >= 0.6 is 0 Å². The van der Waals surface area contributed by atoms with Crippen LogP contribution in [0.1, 0.15) is 32.1 Å². The fourth-order valence-electron chi connectivity index (χ4n) is 2.34. The molecule has 1 heterocycles. The van der Waals surface area contributed by atoms with Gasteiger partial charge in [0.2, 0.25) is 0 Å². The quantitative estimate of drug-likeness (QED) is 0.619. The summed E-state index contributed by atoms with van der Waals surface area (Å²) >= 11 is 0. The van der Waals surface area contributed by atoms with E-state index in [4.69, 9.17) is 9.47 Å². The van der Waals surface area contributed by atoms with Gasteiger partial charge in [-0.2, -0.15) is 0 Å². The molecule has 25 heavy (non-hydrogen) atoms. The van der Waals surface area contributed by atoms with E-state index in [9.17, 15) is 18.4 Å². The Morgan fingerprint density at radius 1 is 1.16 bits per heavy atom. The van der Waals surface area contributed by atoms with Crippen LogP contribution in [0, 0.1) is 25.5 Å². The second kappa shape index (κ2) is 7.89. The number of carbonyl (C=O) groups excluding carboxylic acids is 2. The second-order valence-corrected chi connectivity index (χ2v) is 5.34. The molecule has 6 nitrogen and oxygen atoms in total. The Morgan fingerprint density at radius 3 is 2.52 bits per heavy atom. The topological polar surface area (TPSA) is 80.4 Å². The molecule has 1 amide bonds. The zero-order valence-corrected chi connectivity index (χ0v) is 14.0. The van der Waals surface area contributed by atoms with Gasteiger partial charge >= 0.3 is 5.97 Å². The van der Waals surface area contributed by atoms with Gasteiger partial charge in [-0.1, -0.05) is 0 Å². The summed E-state index contributed by atoms with van der Waals surface area (Å²) in [5.41, 5.74) is 1.36. The summed E-state index contributed by atoms with van der Waals surface area (Å²) in [6, 6.07) is 3.02. The molecule has 1 aromatic heterocycles. The van der Waals surface area contributed by atoms with Gasteiger partial charge in [0.05, 0.1) is 12.2 Å². The first-order chi connectivity index (χ1) is 11.8. The molecule has 2 aromatic rings. The first-order valence-electron chi connectivity index (χ1n) is 7.46. The molecule has 0 unspecified atom stereocenters. The summed E-state index contributed by atoms with van der Waals surface area (Å²) in [7, 11) is 1.49. The number of hydrogen-bond donors (Lipinski definition) is 2. The van der Waals surface area contributed by atoms with Crippen LogP contribution in [0.4, 0.5) is 14.5 Å². The highest BCUT2D eigenvalue weighted by molar-refractivity contribution is 6.06. The largest absolute Gasteiger partial charge is 0.460 e. The number of carbonyl (C=O) groups is 2. The molecular formula is C17H18F2N2O4. The van der Waals surface area contributed by atoms with Crippen molar-refractivity contribution >= 4 is 17.6 Å². The summed E-state index contributed by atoms with van der Waals surface area (Å²) in [5.74, 6) is -3.23. The average Bonchev–Trinajstić information content (AvgIpc) is 2.86. The normalized spacial score (nSPS) is 10.6. The summed E-state index contributed by atoms with van der Waals surface area (Å²) in [4.78, 5) is 27.3. The van der Waals surface area contributed by atoms with E-state index < -0.39 is 23.5 Å². The predicted molar refractivity (Wildman–Crippen MR) is 86.7 cm³/mol. The third-order valence-electron chi connectivity index (χ3n) is 3.57. The number of ether oxygens (including phenoxy) is 2. The lowest BCUT2D eigenvalue weighted by Crippen LogP contribution is -2.15. The molecular weight excluding hydrogens is 334 g/mol. The average molecular weight is 352 g/mol. The second-order valence-electron chi connectivity index (χ2n) is 5.34. The molecule has 0 bridgehead atoms. The van der Waals surface area contributed by atoms with Crippen molar-refractivity contribution < 1.29 is 27.8 Å². The number of aryl methyl sites for hydroxylation is 1. The lowest BCUT2D eigenvalue weighted by molar-refractivity contribution is 0.0387. The molecule has 0 aliphatic heterocycles. The molecule has 0 spiro atoms. The number of amides is 1. The van der Waals surface area contributed by atoms with Crippen LogP contribution in [0.15, 0.2) is 18.2 Å². The number of anilines is 1. The summed E-state index contributed by atoms with van der Waals surface area (Å²) in [5, 5.41) is 2.45. The van der Waals surface area contributed by atoms with Gasteiger partial charge in [-0.25, -0.2) is 13.6 Å². The van der Waals surface area contributed by atoms with Gasteiger partial charge in [-0.3, -0.25) is 4.79 Å². The van der Waals surface area contributed by atoms with Crippen molar-refractivity contribution in [1.29, 1.82) is 0 Å². The number of aromatic nitrogens is 1. The number of rotatable bonds is 6. The molecule has 0 saturated carbocycles. The third-order valence-corrected chi connectivity index (χ3v) is 3.57. The Bertz CT molecular complexity index is 802. The van der Waals surface area contributed by atoms with E-state index in [1.54, 1.807) is 13.8 Å². The van der Waals surface area contributed by atoms with E-state index in [-0.39, 0.29) is 30.2 Å². The highest BCUT2D eigenvalue weighted by Crippen LogP contribution is 2.21. The Hall–Kier alpha value is -2.74. The highest BCUT2D eigenvalue weighted by Gasteiger charge is 2.23. The number of methoxy groups -OCH3 is 1. The van der Waals surface area contributed by atoms with Crippen LogP contribution in [0.5, 0.6) is 0 Å². The monoisotopic (exact) mass is 352 g/mol. The number of halogens is 2. The minimum Gasteiger partial charge on any atom is -0.460 e. The fraction of sp³-hybridized carbons (Fsp3) is 0.294. The van der Waals surface area contributed by atoms with Crippen molar-refractivity contribution in [3.63, 3.8) is 0 Å². The Kier molecular flexibility index (Phi) is 5.87. The molecule has 0 saturated heterocycles. The van der Waals surface area contributed by atoms with Crippen LogP contribution in [0.2, 0.25) is 0 Å². The Balaban J connectivity index is 2.19. The van der Waals surface area contributed by atoms with Gasteiger partial charge < -0.3 is 19.8 Å². The summed E-state index contributed by atoms with van der Waals surface area (Å²) in [6.45, 7) is 3.58. The molecule has 0 fully saturated rings. The number of benzene rings is 1. The van der Waals surface area contributed by atoms with Crippen LogP contribution in [-0.4, -0.2) is 37.2 Å². The van der Waals surface area contributed by atoms with E-state index in [2.05, 4.69) is 10.3 Å². The minimum absolute atomic E-state index is 0.0930. The van der Waals surface area contributed by atoms with Crippen molar-refractivity contribution in [2.24, 2.45) is 0 Å². The van der Waals surface area contributed by atoms with E-state index in [1.807, 2.05) is 0 Å². The zero-order valence-electron chi connectivity index (χ0n) is 14.0. The molecule has 0 radical (unpaired) electrons. The first kappa shape index (κ1) is 18.6. The van der Waals surface area contributed by atoms with E-state index >= 15 is 0 Å². The van der Waals surface area contributed by atoms with Gasteiger partial charge in [0.25, 0.3) is 5.91 Å². The SMILES string of the molecule is COCCOC(=O)c1c(C)[nH]c(C(=O)Nc2ccc(F)c(F)c2)c1C. The van der Waals surface area contributed by atoms with Crippen molar-refractivity contribution in [2.45, 2.75) is 13.8 Å². The van der Waals surface area contributed by atoms with Crippen molar-refractivity contribution in [3.8, 4) is 0 Å². The van der Waals surface area contributed by atoms with Gasteiger partial charge in [-0.15, -0.1) is 0 Å². The standard InChI is InChI=1S/C17H18F2N2O4/c1-9-14(17(23)25-7-6-24-3)10(2)20-15(9)16(22)21-11-4-5-12(18)13(19)8-11/h4-5,8,20H,6-7H2,1-3H3,(H,21,22). The molecule has 0 atom stereocenters. The Labute approximate surface area is 143 Å². The van der Waals surface area contributed by atoms with Gasteiger partial charge in [0.1, 0.15) is 12.3 Å². The number of nitrogens with one attached hydrogen (secondary N) is 2. The van der Waals surface area contributed by atoms with Gasteiger partial charge in [-0.05, 0) is 31.5 Å². The van der Waals surface area contributed by atoms with Gasteiger partial charge in [0.15, 0.2) is 11.6 Å². The lowest BCUT2D eigenvalue weighted by atomic mass is 10.1. The fourth-order valence-corrected chi connectivity index (χ4v) is 2.34. The first-order valence-corrected chi connectivity index (χ1v) is 7.46. The van der Waals surface area contributed by atoms with Crippen molar-refractivity contribution in [1.82, 2.24) is 4.98 Å². The molecule has 8 heteroatoms. The van der Waals surface area contributed by atoms with E-state index in [0.29, 0.717) is 11.3 Å². The van der Waals surface area contributed by atoms with Crippen LogP contribution in [0.25, 0.3) is 0 Å². The van der Waals surface area contributed by atoms with Crippen molar-refractivity contribution in [3.05, 3.63) is 52.3 Å². The lowest BCUT2D eigenvalue weighted by Gasteiger charge is -2.06. The number of aromatic amines is 1. The van der Waals surface area contributed by atoms with Crippen LogP contribution in [-0.2, 0) is 9.47 Å². The predicted octanol–water partition coefficient (Wildman–Crippen LogP) is 2.97. The van der Waals surface area contributed by atoms with E-state index in [0.717, 1.165) is 12.1 Å². The molecule has 134 valence electrons. The summed E-state index contributed by atoms with van der Waals surface area (Å²) in [6.07, 6.45) is 0. The maximum atomic E-state index is 13.2. The molecule has 1 aromatic carbocycles.